The van der Waals surface area contributed by atoms with Crippen LogP contribution in [0.4, 0.5) is 11.4 Å². The van der Waals surface area contributed by atoms with Crippen LogP contribution in [0.5, 0.6) is 0 Å². The maximum absolute atomic E-state index is 12.5. The lowest BCUT2D eigenvalue weighted by atomic mass is 10.1. The molecule has 136 valence electrons. The summed E-state index contributed by atoms with van der Waals surface area (Å²) in [6.07, 6.45) is 1.44. The number of pyridine rings is 1. The van der Waals surface area contributed by atoms with Crippen molar-refractivity contribution >= 4 is 34.8 Å². The molecule has 2 amide bonds. The highest BCUT2D eigenvalue weighted by atomic mass is 35.5. The molecule has 0 spiro atoms. The number of amides is 2. The molecule has 5 nitrogen and oxygen atoms in total. The Bertz CT molecular complexity index is 1020. The number of aromatic nitrogens is 1. The minimum atomic E-state index is -0.380. The lowest BCUT2D eigenvalue weighted by Gasteiger charge is -2.10. The Balaban J connectivity index is 1.77. The second-order valence-electron chi connectivity index (χ2n) is 6.12. The van der Waals surface area contributed by atoms with E-state index in [-0.39, 0.29) is 17.5 Å². The number of aryl methyl sites for hydroxylation is 1. The van der Waals surface area contributed by atoms with Gasteiger partial charge in [0, 0.05) is 28.2 Å². The number of benzene rings is 2. The molecule has 0 fully saturated rings. The first kappa shape index (κ1) is 18.6. The summed E-state index contributed by atoms with van der Waals surface area (Å²) in [6.45, 7) is 3.77. The zero-order chi connectivity index (χ0) is 19.4. The van der Waals surface area contributed by atoms with Gasteiger partial charge in [-0.3, -0.25) is 14.6 Å². The Labute approximate surface area is 162 Å². The molecule has 0 aliphatic carbocycles. The quantitative estimate of drug-likeness (QED) is 0.680. The minimum Gasteiger partial charge on any atom is -0.322 e. The third-order valence-electron chi connectivity index (χ3n) is 4.05. The summed E-state index contributed by atoms with van der Waals surface area (Å²) in [5.74, 6) is -0.721. The molecular weight excluding hydrogens is 362 g/mol. The van der Waals surface area contributed by atoms with Crippen LogP contribution in [0, 0.1) is 13.8 Å². The summed E-state index contributed by atoms with van der Waals surface area (Å²) in [6, 6.07) is 15.8. The van der Waals surface area contributed by atoms with E-state index in [9.17, 15) is 9.59 Å². The SMILES string of the molecule is Cc1cccc(NC(=O)c2cc(C(=O)Nc3cccc(Cl)c3C)ccn2)c1. The Morgan fingerprint density at radius 3 is 2.48 bits per heavy atom. The number of nitrogens with zero attached hydrogens (tertiary/aromatic N) is 1. The summed E-state index contributed by atoms with van der Waals surface area (Å²) < 4.78 is 0. The number of anilines is 2. The third-order valence-corrected chi connectivity index (χ3v) is 4.46. The molecule has 1 heterocycles. The van der Waals surface area contributed by atoms with E-state index >= 15 is 0 Å². The summed E-state index contributed by atoms with van der Waals surface area (Å²) in [4.78, 5) is 29.0. The van der Waals surface area contributed by atoms with Crippen LogP contribution in [0.1, 0.15) is 32.0 Å². The average Bonchev–Trinajstić information content (AvgIpc) is 2.65. The molecule has 2 N–H and O–H groups in total. The van der Waals surface area contributed by atoms with Gasteiger partial charge in [0.15, 0.2) is 0 Å². The van der Waals surface area contributed by atoms with Crippen molar-refractivity contribution in [3.8, 4) is 0 Å². The van der Waals surface area contributed by atoms with Crippen molar-refractivity contribution in [1.29, 1.82) is 0 Å². The van der Waals surface area contributed by atoms with Crippen molar-refractivity contribution in [3.63, 3.8) is 0 Å². The molecule has 3 rings (SSSR count). The normalized spacial score (nSPS) is 10.3. The van der Waals surface area contributed by atoms with E-state index in [1.165, 1.54) is 12.3 Å². The van der Waals surface area contributed by atoms with Crippen molar-refractivity contribution in [2.75, 3.05) is 10.6 Å². The first-order valence-corrected chi connectivity index (χ1v) is 8.72. The number of hydrogen-bond donors (Lipinski definition) is 2. The van der Waals surface area contributed by atoms with E-state index < -0.39 is 0 Å². The van der Waals surface area contributed by atoms with Crippen LogP contribution in [0.3, 0.4) is 0 Å². The highest BCUT2D eigenvalue weighted by Crippen LogP contribution is 2.23. The molecule has 0 radical (unpaired) electrons. The second kappa shape index (κ2) is 8.01. The lowest BCUT2D eigenvalue weighted by Crippen LogP contribution is -2.17. The fourth-order valence-electron chi connectivity index (χ4n) is 2.55. The summed E-state index contributed by atoms with van der Waals surface area (Å²) in [5, 5.41) is 6.16. The Morgan fingerprint density at radius 2 is 1.70 bits per heavy atom. The molecule has 0 bridgehead atoms. The van der Waals surface area contributed by atoms with E-state index in [2.05, 4.69) is 15.6 Å². The zero-order valence-electron chi connectivity index (χ0n) is 14.9. The molecular formula is C21H18ClN3O2. The van der Waals surface area contributed by atoms with Crippen LogP contribution in [0.2, 0.25) is 5.02 Å². The predicted octanol–water partition coefficient (Wildman–Crippen LogP) is 4.86. The summed E-state index contributed by atoms with van der Waals surface area (Å²) in [5.41, 5.74) is 3.59. The van der Waals surface area contributed by atoms with E-state index in [1.807, 2.05) is 32.0 Å². The molecule has 27 heavy (non-hydrogen) atoms. The standard InChI is InChI=1S/C21H18ClN3O2/c1-13-5-3-6-16(11-13)24-21(27)19-12-15(9-10-23-19)20(26)25-18-8-4-7-17(22)14(18)2/h3-12H,1-2H3,(H,24,27)(H,25,26). The zero-order valence-corrected chi connectivity index (χ0v) is 15.7. The molecule has 6 heteroatoms. The van der Waals surface area contributed by atoms with Crippen molar-refractivity contribution in [2.45, 2.75) is 13.8 Å². The van der Waals surface area contributed by atoms with Gasteiger partial charge < -0.3 is 10.6 Å². The maximum Gasteiger partial charge on any atom is 0.274 e. The first-order chi connectivity index (χ1) is 12.9. The monoisotopic (exact) mass is 379 g/mol. The van der Waals surface area contributed by atoms with Crippen LogP contribution < -0.4 is 10.6 Å². The second-order valence-corrected chi connectivity index (χ2v) is 6.53. The highest BCUT2D eigenvalue weighted by molar-refractivity contribution is 6.31. The van der Waals surface area contributed by atoms with Crippen LogP contribution in [-0.2, 0) is 0 Å². The molecule has 0 aliphatic rings. The van der Waals surface area contributed by atoms with Gasteiger partial charge in [-0.05, 0) is 61.4 Å². The van der Waals surface area contributed by atoms with E-state index in [4.69, 9.17) is 11.6 Å². The molecule has 0 saturated heterocycles. The lowest BCUT2D eigenvalue weighted by molar-refractivity contribution is 0.102. The molecule has 1 aromatic heterocycles. The van der Waals surface area contributed by atoms with Gasteiger partial charge >= 0.3 is 0 Å². The van der Waals surface area contributed by atoms with E-state index in [1.54, 1.807) is 30.3 Å². The van der Waals surface area contributed by atoms with Gasteiger partial charge in [0.25, 0.3) is 11.8 Å². The number of carbonyl (C=O) groups excluding carboxylic acids is 2. The molecule has 3 aromatic rings. The van der Waals surface area contributed by atoms with Gasteiger partial charge in [-0.1, -0.05) is 29.8 Å². The number of hydrogen-bond acceptors (Lipinski definition) is 3. The smallest absolute Gasteiger partial charge is 0.274 e. The number of nitrogens with one attached hydrogen (secondary N) is 2. The van der Waals surface area contributed by atoms with Crippen LogP contribution in [0.15, 0.2) is 60.8 Å². The number of carbonyl (C=O) groups is 2. The molecule has 2 aromatic carbocycles. The maximum atomic E-state index is 12.5. The predicted molar refractivity (Wildman–Crippen MR) is 108 cm³/mol. The summed E-state index contributed by atoms with van der Waals surface area (Å²) >= 11 is 6.08. The fourth-order valence-corrected chi connectivity index (χ4v) is 2.73. The highest BCUT2D eigenvalue weighted by Gasteiger charge is 2.13. The van der Waals surface area contributed by atoms with Crippen LogP contribution in [-0.4, -0.2) is 16.8 Å². The van der Waals surface area contributed by atoms with Crippen molar-refractivity contribution in [2.24, 2.45) is 0 Å². The van der Waals surface area contributed by atoms with Crippen molar-refractivity contribution in [1.82, 2.24) is 4.98 Å². The number of halogens is 1. The van der Waals surface area contributed by atoms with Crippen LogP contribution >= 0.6 is 11.6 Å². The summed E-state index contributed by atoms with van der Waals surface area (Å²) in [7, 11) is 0. The van der Waals surface area contributed by atoms with E-state index in [0.717, 1.165) is 11.1 Å². The third kappa shape index (κ3) is 4.51. The van der Waals surface area contributed by atoms with Gasteiger partial charge in [-0.25, -0.2) is 0 Å². The number of rotatable bonds is 4. The van der Waals surface area contributed by atoms with Crippen LogP contribution in [0.25, 0.3) is 0 Å². The van der Waals surface area contributed by atoms with Gasteiger partial charge in [0.1, 0.15) is 5.69 Å². The Morgan fingerprint density at radius 1 is 0.926 bits per heavy atom. The minimum absolute atomic E-state index is 0.159. The molecule has 0 unspecified atom stereocenters. The molecule has 0 atom stereocenters. The van der Waals surface area contributed by atoms with Gasteiger partial charge in [-0.15, -0.1) is 0 Å². The van der Waals surface area contributed by atoms with Gasteiger partial charge in [-0.2, -0.15) is 0 Å². The Kier molecular flexibility index (Phi) is 5.52. The fraction of sp³-hybridized carbons (Fsp3) is 0.0952. The molecule has 0 saturated carbocycles. The average molecular weight is 380 g/mol. The largest absolute Gasteiger partial charge is 0.322 e. The van der Waals surface area contributed by atoms with Crippen molar-refractivity contribution in [3.05, 3.63) is 88.2 Å². The van der Waals surface area contributed by atoms with Gasteiger partial charge in [0.05, 0.1) is 0 Å². The molecule has 0 aliphatic heterocycles. The van der Waals surface area contributed by atoms with E-state index in [0.29, 0.717) is 22.0 Å². The van der Waals surface area contributed by atoms with Crippen molar-refractivity contribution < 1.29 is 9.59 Å². The first-order valence-electron chi connectivity index (χ1n) is 8.34. The topological polar surface area (TPSA) is 71.1 Å². The van der Waals surface area contributed by atoms with Gasteiger partial charge in [0.2, 0.25) is 0 Å². The Hall–Kier alpha value is -3.18.